The summed E-state index contributed by atoms with van der Waals surface area (Å²) in [7, 11) is 0. The van der Waals surface area contributed by atoms with Crippen molar-refractivity contribution in [2.24, 2.45) is 58.2 Å². The summed E-state index contributed by atoms with van der Waals surface area (Å²) in [5.41, 5.74) is 1.01. The van der Waals surface area contributed by atoms with E-state index in [9.17, 15) is 14.4 Å². The number of ketones is 3. The number of fused-ring (bicyclic) bond motifs is 5. The van der Waals surface area contributed by atoms with Crippen LogP contribution in [0.5, 0.6) is 0 Å². The van der Waals surface area contributed by atoms with E-state index in [0.29, 0.717) is 48.2 Å². The molecule has 208 valence electrons. The first-order valence-corrected chi connectivity index (χ1v) is 15.7. The van der Waals surface area contributed by atoms with Crippen molar-refractivity contribution in [3.05, 3.63) is 35.9 Å². The average Bonchev–Trinajstić information content (AvgIpc) is 3.21. The molecule has 0 radical (unpaired) electrons. The molecule has 4 fully saturated rings. The summed E-state index contributed by atoms with van der Waals surface area (Å²) in [6, 6.07) is 9.71. The van der Waals surface area contributed by atoms with Crippen LogP contribution in [0.15, 0.2) is 30.3 Å². The predicted molar refractivity (Wildman–Crippen MR) is 152 cm³/mol. The monoisotopic (exact) mass is 518 g/mol. The van der Waals surface area contributed by atoms with Gasteiger partial charge in [-0.2, -0.15) is 0 Å². The van der Waals surface area contributed by atoms with Crippen LogP contribution in [0.1, 0.15) is 104 Å². The highest BCUT2D eigenvalue weighted by Gasteiger charge is 2.63. The van der Waals surface area contributed by atoms with Gasteiger partial charge in [-0.3, -0.25) is 14.4 Å². The van der Waals surface area contributed by atoms with Gasteiger partial charge in [-0.15, -0.1) is 0 Å². The molecule has 0 N–H and O–H groups in total. The van der Waals surface area contributed by atoms with Crippen LogP contribution in [0.2, 0.25) is 0 Å². The van der Waals surface area contributed by atoms with Crippen LogP contribution < -0.4 is 0 Å². The summed E-state index contributed by atoms with van der Waals surface area (Å²) in [6.07, 6.45) is 10.7. The Morgan fingerprint density at radius 2 is 1.63 bits per heavy atom. The molecule has 0 saturated heterocycles. The summed E-state index contributed by atoms with van der Waals surface area (Å²) >= 11 is 0. The molecule has 4 aliphatic carbocycles. The molecule has 1 aromatic rings. The molecule has 3 nitrogen and oxygen atoms in total. The quantitative estimate of drug-likeness (QED) is 0.329. The van der Waals surface area contributed by atoms with Gasteiger partial charge in [-0.25, -0.2) is 0 Å². The Kier molecular flexibility index (Phi) is 7.79. The van der Waals surface area contributed by atoms with Gasteiger partial charge < -0.3 is 0 Å². The third-order valence-corrected chi connectivity index (χ3v) is 12.1. The highest BCUT2D eigenvalue weighted by Crippen LogP contribution is 2.68. The third kappa shape index (κ3) is 4.86. The average molecular weight is 519 g/mol. The molecule has 9 atom stereocenters. The minimum absolute atomic E-state index is 0.000480. The fraction of sp³-hybridized carbons (Fsp3) is 0.743. The molecule has 0 aliphatic heterocycles. The maximum absolute atomic E-state index is 13.8. The first-order valence-electron chi connectivity index (χ1n) is 15.7. The van der Waals surface area contributed by atoms with Crippen molar-refractivity contribution < 1.29 is 14.4 Å². The predicted octanol–water partition coefficient (Wildman–Crippen LogP) is 7.89. The Balaban J connectivity index is 1.30. The van der Waals surface area contributed by atoms with E-state index < -0.39 is 5.92 Å². The SMILES string of the molecule is CC(C)CCCC(C)C1CCC2C3CC(=O)C4CC(C(=O)Cc5ccccc5)C(=O)CC4(C)C3CCC12C. The van der Waals surface area contributed by atoms with Crippen molar-refractivity contribution >= 4 is 17.3 Å². The Bertz CT molecular complexity index is 1040. The van der Waals surface area contributed by atoms with Gasteiger partial charge in [0.15, 0.2) is 0 Å². The van der Waals surface area contributed by atoms with E-state index in [4.69, 9.17) is 0 Å². The minimum atomic E-state index is -0.606. The lowest BCUT2D eigenvalue weighted by atomic mass is 9.43. The number of benzene rings is 1. The molecular weight excluding hydrogens is 468 g/mol. The molecular formula is C35H50O3. The smallest absolute Gasteiger partial charge is 0.147 e. The van der Waals surface area contributed by atoms with Crippen molar-refractivity contribution in [2.75, 3.05) is 0 Å². The fourth-order valence-electron chi connectivity index (χ4n) is 10.2. The molecule has 3 heteroatoms. The van der Waals surface area contributed by atoms with Gasteiger partial charge >= 0.3 is 0 Å². The van der Waals surface area contributed by atoms with E-state index >= 15 is 0 Å². The highest BCUT2D eigenvalue weighted by molar-refractivity contribution is 6.05. The van der Waals surface area contributed by atoms with Gasteiger partial charge in [0, 0.05) is 25.2 Å². The fourth-order valence-corrected chi connectivity index (χ4v) is 10.2. The van der Waals surface area contributed by atoms with Crippen molar-refractivity contribution in [1.82, 2.24) is 0 Å². The molecule has 9 unspecified atom stereocenters. The second kappa shape index (κ2) is 10.7. The Hall–Kier alpha value is -1.77. The topological polar surface area (TPSA) is 51.2 Å². The molecule has 0 aromatic heterocycles. The van der Waals surface area contributed by atoms with Crippen LogP contribution >= 0.6 is 0 Å². The van der Waals surface area contributed by atoms with E-state index in [1.165, 1.54) is 38.5 Å². The molecule has 38 heavy (non-hydrogen) atoms. The first kappa shape index (κ1) is 27.8. The molecule has 0 spiro atoms. The maximum Gasteiger partial charge on any atom is 0.147 e. The van der Waals surface area contributed by atoms with Crippen molar-refractivity contribution in [2.45, 2.75) is 105 Å². The zero-order valence-corrected chi connectivity index (χ0v) is 24.5. The number of carbonyl (C=O) groups excluding carboxylic acids is 3. The number of hydrogen-bond donors (Lipinski definition) is 0. The summed E-state index contributed by atoms with van der Waals surface area (Å²) in [5, 5.41) is 0. The Morgan fingerprint density at radius 3 is 2.34 bits per heavy atom. The normalized spacial score (nSPS) is 39.4. The number of Topliss-reactive ketones (excluding diaryl/α,β-unsaturated/α-hetero) is 3. The summed E-state index contributed by atoms with van der Waals surface area (Å²) < 4.78 is 0. The zero-order chi connectivity index (χ0) is 27.2. The van der Waals surface area contributed by atoms with E-state index in [0.717, 1.165) is 29.7 Å². The molecule has 0 bridgehead atoms. The van der Waals surface area contributed by atoms with Gasteiger partial charge in [0.05, 0.1) is 5.92 Å². The maximum atomic E-state index is 13.8. The summed E-state index contributed by atoms with van der Waals surface area (Å²) in [6.45, 7) is 11.9. The van der Waals surface area contributed by atoms with Crippen molar-refractivity contribution in [1.29, 1.82) is 0 Å². The van der Waals surface area contributed by atoms with Gasteiger partial charge in [0.2, 0.25) is 0 Å². The molecule has 0 heterocycles. The third-order valence-electron chi connectivity index (χ3n) is 12.1. The van der Waals surface area contributed by atoms with Crippen LogP contribution in [0.4, 0.5) is 0 Å². The molecule has 1 aromatic carbocycles. The van der Waals surface area contributed by atoms with Gasteiger partial charge in [-0.05, 0) is 84.0 Å². The highest BCUT2D eigenvalue weighted by atomic mass is 16.2. The summed E-state index contributed by atoms with van der Waals surface area (Å²) in [4.78, 5) is 40.5. The molecule has 4 saturated carbocycles. The minimum Gasteiger partial charge on any atom is -0.299 e. The number of carbonyl (C=O) groups is 3. The van der Waals surface area contributed by atoms with Gasteiger partial charge in [-0.1, -0.05) is 84.2 Å². The number of hydrogen-bond acceptors (Lipinski definition) is 3. The van der Waals surface area contributed by atoms with Crippen molar-refractivity contribution in [3.8, 4) is 0 Å². The van der Waals surface area contributed by atoms with Crippen LogP contribution in [0.3, 0.4) is 0 Å². The number of rotatable bonds is 8. The molecule has 5 rings (SSSR count). The Labute approximate surface area is 230 Å². The van der Waals surface area contributed by atoms with Gasteiger partial charge in [0.25, 0.3) is 0 Å². The van der Waals surface area contributed by atoms with Crippen LogP contribution in [0, 0.1) is 58.2 Å². The first-order chi connectivity index (χ1) is 18.0. The zero-order valence-electron chi connectivity index (χ0n) is 24.5. The van der Waals surface area contributed by atoms with Crippen molar-refractivity contribution in [3.63, 3.8) is 0 Å². The van der Waals surface area contributed by atoms with Crippen LogP contribution in [-0.2, 0) is 20.8 Å². The van der Waals surface area contributed by atoms with Crippen LogP contribution in [0.25, 0.3) is 0 Å². The van der Waals surface area contributed by atoms with Crippen LogP contribution in [-0.4, -0.2) is 17.3 Å². The molecule has 4 aliphatic rings. The standard InChI is InChI=1S/C35H50O3/c1-22(2)10-9-11-23(3)27-14-15-28-25-20-32(37)30-19-26(31(36)18-24-12-7-6-8-13-24)33(38)21-35(30,5)29(25)16-17-34(27,28)4/h6-8,12-13,22-23,25-30H,9-11,14-21H2,1-5H3. The second-order valence-corrected chi connectivity index (χ2v) is 14.7. The van der Waals surface area contributed by atoms with E-state index in [1.807, 2.05) is 30.3 Å². The van der Waals surface area contributed by atoms with E-state index in [2.05, 4.69) is 34.6 Å². The van der Waals surface area contributed by atoms with E-state index in [1.54, 1.807) is 0 Å². The Morgan fingerprint density at radius 1 is 0.921 bits per heavy atom. The second-order valence-electron chi connectivity index (χ2n) is 14.7. The lowest BCUT2D eigenvalue weighted by molar-refractivity contribution is -0.163. The summed E-state index contributed by atoms with van der Waals surface area (Å²) in [5.74, 6) is 3.43. The largest absolute Gasteiger partial charge is 0.299 e. The van der Waals surface area contributed by atoms with Gasteiger partial charge in [0.1, 0.15) is 17.3 Å². The van der Waals surface area contributed by atoms with E-state index in [-0.39, 0.29) is 29.3 Å². The lowest BCUT2D eigenvalue weighted by Gasteiger charge is -2.60. The molecule has 0 amide bonds. The lowest BCUT2D eigenvalue weighted by Crippen LogP contribution is -2.58.